The van der Waals surface area contributed by atoms with E-state index in [1.165, 1.54) is 11.1 Å². The Morgan fingerprint density at radius 1 is 0.857 bits per heavy atom. The second kappa shape index (κ2) is 9.14. The van der Waals surface area contributed by atoms with Gasteiger partial charge in [-0.3, -0.25) is 24.4 Å². The Kier molecular flexibility index (Phi) is 6.16. The van der Waals surface area contributed by atoms with Gasteiger partial charge in [-0.1, -0.05) is 62.4 Å². The molecule has 5 nitrogen and oxygen atoms in total. The zero-order chi connectivity index (χ0) is 24.7. The van der Waals surface area contributed by atoms with Crippen LogP contribution in [-0.2, 0) is 12.1 Å². The molecule has 0 atom stereocenters. The molecule has 0 saturated carbocycles. The first-order chi connectivity index (χ1) is 16.8. The molecule has 5 heteroatoms. The van der Waals surface area contributed by atoms with Crippen LogP contribution in [0.2, 0.25) is 0 Å². The van der Waals surface area contributed by atoms with Gasteiger partial charge in [0, 0.05) is 55.2 Å². The molecule has 2 aromatic carbocycles. The minimum atomic E-state index is -1.32. The van der Waals surface area contributed by atoms with Crippen molar-refractivity contribution in [3.8, 4) is 0 Å². The lowest BCUT2D eigenvalue weighted by atomic mass is 9.81. The quantitative estimate of drug-likeness (QED) is 0.499. The number of Topliss-reactive ketones (excluding diaryl/α,β-unsaturated/α-hetero) is 2. The Hall–Kier alpha value is -3.15. The van der Waals surface area contributed by atoms with Gasteiger partial charge >= 0.3 is 0 Å². The molecule has 3 aromatic rings. The number of nitrogens with zero attached hydrogens (tertiary/aromatic N) is 3. The number of piperazine rings is 1. The zero-order valence-corrected chi connectivity index (χ0v) is 21.0. The van der Waals surface area contributed by atoms with Gasteiger partial charge in [0.15, 0.2) is 17.1 Å². The second-order valence-electron chi connectivity index (χ2n) is 10.2. The third-order valence-electron chi connectivity index (χ3n) is 7.56. The predicted molar refractivity (Wildman–Crippen MR) is 138 cm³/mol. The van der Waals surface area contributed by atoms with Gasteiger partial charge in [-0.05, 0) is 48.6 Å². The molecule has 0 N–H and O–H groups in total. The lowest BCUT2D eigenvalue weighted by molar-refractivity contribution is 0.0278. The summed E-state index contributed by atoms with van der Waals surface area (Å²) in [5.74, 6) is -0.0119. The molecule has 0 amide bonds. The summed E-state index contributed by atoms with van der Waals surface area (Å²) in [6.45, 7) is 12.0. The van der Waals surface area contributed by atoms with Crippen molar-refractivity contribution in [3.05, 3.63) is 99.9 Å². The summed E-state index contributed by atoms with van der Waals surface area (Å²) in [6, 6.07) is 19.7. The lowest BCUT2D eigenvalue weighted by Crippen LogP contribution is -2.60. The van der Waals surface area contributed by atoms with Gasteiger partial charge < -0.3 is 0 Å². The van der Waals surface area contributed by atoms with Crippen molar-refractivity contribution in [2.75, 3.05) is 26.2 Å². The molecule has 1 aliphatic heterocycles. The van der Waals surface area contributed by atoms with Crippen molar-refractivity contribution >= 4 is 11.6 Å². The highest BCUT2D eigenvalue weighted by Gasteiger charge is 2.58. The highest BCUT2D eigenvalue weighted by molar-refractivity contribution is 6.32. The van der Waals surface area contributed by atoms with Crippen molar-refractivity contribution in [2.45, 2.75) is 45.7 Å². The Morgan fingerprint density at radius 3 is 2.06 bits per heavy atom. The maximum atomic E-state index is 14.1. The third-order valence-corrected chi connectivity index (χ3v) is 7.56. The van der Waals surface area contributed by atoms with E-state index in [9.17, 15) is 9.59 Å². The van der Waals surface area contributed by atoms with Crippen LogP contribution in [0.3, 0.4) is 0 Å². The van der Waals surface area contributed by atoms with Crippen molar-refractivity contribution in [3.63, 3.8) is 0 Å². The SMILES string of the molecule is Cc1cc(C2(N3CCN(Cc4ccccc4C)CC3)C(=O)c3ccccc3C2=O)cc(C(C)C)n1. The van der Waals surface area contributed by atoms with E-state index in [1.807, 2.05) is 31.2 Å². The summed E-state index contributed by atoms with van der Waals surface area (Å²) in [5, 5.41) is 0. The van der Waals surface area contributed by atoms with Crippen molar-refractivity contribution < 1.29 is 9.59 Å². The smallest absolute Gasteiger partial charge is 0.196 e. The molecular weight excluding hydrogens is 434 g/mol. The van der Waals surface area contributed by atoms with Gasteiger partial charge in [0.05, 0.1) is 0 Å². The number of rotatable bonds is 5. The van der Waals surface area contributed by atoms with E-state index in [1.54, 1.807) is 12.1 Å². The fourth-order valence-corrected chi connectivity index (χ4v) is 5.57. The van der Waals surface area contributed by atoms with E-state index in [4.69, 9.17) is 4.98 Å². The van der Waals surface area contributed by atoms with E-state index in [0.717, 1.165) is 36.6 Å². The maximum absolute atomic E-state index is 14.1. The van der Waals surface area contributed by atoms with Crippen LogP contribution in [0.15, 0.2) is 60.7 Å². The Balaban J connectivity index is 1.53. The van der Waals surface area contributed by atoms with Crippen molar-refractivity contribution in [1.29, 1.82) is 0 Å². The van der Waals surface area contributed by atoms with Gasteiger partial charge in [0.2, 0.25) is 0 Å². The second-order valence-corrected chi connectivity index (χ2v) is 10.2. The first-order valence-corrected chi connectivity index (χ1v) is 12.5. The number of hydrogen-bond acceptors (Lipinski definition) is 5. The first kappa shape index (κ1) is 23.6. The van der Waals surface area contributed by atoms with Gasteiger partial charge in [-0.15, -0.1) is 0 Å². The van der Waals surface area contributed by atoms with Crippen LogP contribution in [0, 0.1) is 13.8 Å². The standard InChI is InChI=1S/C30H33N3O2/c1-20(2)27-18-24(17-22(4)31-27)30(28(34)25-11-7-8-12-26(25)29(30)35)33-15-13-32(14-16-33)19-23-10-6-5-9-21(23)3/h5-12,17-18,20H,13-16,19H2,1-4H3. The Bertz CT molecular complexity index is 1250. The number of benzene rings is 2. The Morgan fingerprint density at radius 2 is 1.46 bits per heavy atom. The van der Waals surface area contributed by atoms with Crippen LogP contribution in [-0.4, -0.2) is 52.5 Å². The van der Waals surface area contributed by atoms with E-state index < -0.39 is 5.54 Å². The number of pyridine rings is 1. The highest BCUT2D eigenvalue weighted by Crippen LogP contribution is 2.43. The van der Waals surface area contributed by atoms with Gasteiger partial charge in [0.1, 0.15) is 0 Å². The molecular formula is C30H33N3O2. The lowest BCUT2D eigenvalue weighted by Gasteiger charge is -2.44. The summed E-state index contributed by atoms with van der Waals surface area (Å²) >= 11 is 0. The molecule has 180 valence electrons. The molecule has 0 radical (unpaired) electrons. The molecule has 1 aliphatic carbocycles. The normalized spacial score (nSPS) is 18.3. The van der Waals surface area contributed by atoms with Crippen molar-refractivity contribution in [2.24, 2.45) is 0 Å². The summed E-state index contributed by atoms with van der Waals surface area (Å²) in [7, 11) is 0. The van der Waals surface area contributed by atoms with Gasteiger partial charge in [-0.25, -0.2) is 0 Å². The van der Waals surface area contributed by atoms with Crippen LogP contribution in [0.5, 0.6) is 0 Å². The van der Waals surface area contributed by atoms with Crippen molar-refractivity contribution in [1.82, 2.24) is 14.8 Å². The molecule has 35 heavy (non-hydrogen) atoms. The van der Waals surface area contributed by atoms with Gasteiger partial charge in [-0.2, -0.15) is 0 Å². The summed E-state index contributed by atoms with van der Waals surface area (Å²) < 4.78 is 0. The minimum Gasteiger partial charge on any atom is -0.297 e. The number of ketones is 2. The fourth-order valence-electron chi connectivity index (χ4n) is 5.57. The average Bonchev–Trinajstić information content (AvgIpc) is 3.08. The van der Waals surface area contributed by atoms with E-state index >= 15 is 0 Å². The molecule has 1 saturated heterocycles. The number of aromatic nitrogens is 1. The predicted octanol–water partition coefficient (Wildman–Crippen LogP) is 4.91. The molecule has 5 rings (SSSR count). The zero-order valence-electron chi connectivity index (χ0n) is 21.0. The summed E-state index contributed by atoms with van der Waals surface area (Å²) in [6.07, 6.45) is 0. The van der Waals surface area contributed by atoms with Crippen LogP contribution < -0.4 is 0 Å². The van der Waals surface area contributed by atoms with E-state index in [0.29, 0.717) is 24.2 Å². The van der Waals surface area contributed by atoms with E-state index in [2.05, 4.69) is 54.8 Å². The summed E-state index contributed by atoms with van der Waals surface area (Å²) in [5.41, 5.74) is 4.84. The van der Waals surface area contributed by atoms with Gasteiger partial charge in [0.25, 0.3) is 0 Å². The highest BCUT2D eigenvalue weighted by atomic mass is 16.2. The number of hydrogen-bond donors (Lipinski definition) is 0. The molecule has 0 unspecified atom stereocenters. The minimum absolute atomic E-state index is 0.106. The average molecular weight is 468 g/mol. The maximum Gasteiger partial charge on any atom is 0.196 e. The Labute approximate surface area is 207 Å². The number of aryl methyl sites for hydroxylation is 2. The fraction of sp³-hybridized carbons (Fsp3) is 0.367. The first-order valence-electron chi connectivity index (χ1n) is 12.5. The molecule has 0 spiro atoms. The van der Waals surface area contributed by atoms with Crippen LogP contribution >= 0.6 is 0 Å². The largest absolute Gasteiger partial charge is 0.297 e. The monoisotopic (exact) mass is 467 g/mol. The molecule has 2 heterocycles. The number of fused-ring (bicyclic) bond motifs is 1. The van der Waals surface area contributed by atoms with E-state index in [-0.39, 0.29) is 17.5 Å². The third kappa shape index (κ3) is 3.93. The van der Waals surface area contributed by atoms with Crippen LogP contribution in [0.25, 0.3) is 0 Å². The number of carbonyl (C=O) groups excluding carboxylic acids is 2. The molecule has 1 fully saturated rings. The van der Waals surface area contributed by atoms with Crippen LogP contribution in [0.1, 0.15) is 68.6 Å². The molecule has 0 bridgehead atoms. The van der Waals surface area contributed by atoms with Crippen LogP contribution in [0.4, 0.5) is 0 Å². The topological polar surface area (TPSA) is 53.5 Å². The molecule has 1 aromatic heterocycles. The molecule has 2 aliphatic rings. The number of carbonyl (C=O) groups is 2. The summed E-state index contributed by atoms with van der Waals surface area (Å²) in [4.78, 5) is 37.5.